The van der Waals surface area contributed by atoms with Crippen LogP contribution in [0.15, 0.2) is 48.5 Å². The van der Waals surface area contributed by atoms with Gasteiger partial charge in [-0.25, -0.2) is 12.8 Å². The fourth-order valence-electron chi connectivity index (χ4n) is 4.87. The zero-order chi connectivity index (χ0) is 23.6. The molecule has 2 aromatic rings. The van der Waals surface area contributed by atoms with Crippen molar-refractivity contribution < 1.29 is 17.6 Å². The van der Waals surface area contributed by atoms with Crippen LogP contribution in [0, 0.1) is 5.82 Å². The van der Waals surface area contributed by atoms with Gasteiger partial charge in [0.25, 0.3) is 0 Å². The highest BCUT2D eigenvalue weighted by Gasteiger charge is 2.40. The molecule has 4 rings (SSSR count). The van der Waals surface area contributed by atoms with Crippen LogP contribution in [-0.2, 0) is 21.4 Å². The predicted molar refractivity (Wildman–Crippen MR) is 128 cm³/mol. The third kappa shape index (κ3) is 5.06. The Labute approximate surface area is 196 Å². The van der Waals surface area contributed by atoms with Crippen molar-refractivity contribution in [2.75, 3.05) is 31.1 Å². The smallest absolute Gasteiger partial charge is 0.221 e. The zero-order valence-corrected chi connectivity index (χ0v) is 20.1. The minimum atomic E-state index is -3.61. The molecule has 1 amide bonds. The van der Waals surface area contributed by atoms with Gasteiger partial charge in [-0.1, -0.05) is 36.4 Å². The molecule has 178 valence electrons. The Bertz CT molecular complexity index is 1090. The third-order valence-corrected chi connectivity index (χ3v) is 9.23. The van der Waals surface area contributed by atoms with Gasteiger partial charge in [-0.15, -0.1) is 0 Å². The van der Waals surface area contributed by atoms with Crippen LogP contribution in [-0.4, -0.2) is 55.8 Å². The number of anilines is 1. The number of carbonyl (C=O) groups excluding carboxylic acids is 1. The van der Waals surface area contributed by atoms with E-state index in [2.05, 4.69) is 4.90 Å². The first-order valence-electron chi connectivity index (χ1n) is 11.6. The van der Waals surface area contributed by atoms with E-state index in [-0.39, 0.29) is 18.5 Å². The molecule has 2 saturated heterocycles. The van der Waals surface area contributed by atoms with E-state index < -0.39 is 21.1 Å². The largest absolute Gasteiger partial charge is 0.370 e. The summed E-state index contributed by atoms with van der Waals surface area (Å²) in [7, 11) is -3.61. The van der Waals surface area contributed by atoms with Gasteiger partial charge >= 0.3 is 0 Å². The van der Waals surface area contributed by atoms with E-state index in [9.17, 15) is 13.2 Å². The van der Waals surface area contributed by atoms with Crippen molar-refractivity contribution in [2.45, 2.75) is 50.9 Å². The highest BCUT2D eigenvalue weighted by Crippen LogP contribution is 2.38. The summed E-state index contributed by atoms with van der Waals surface area (Å²) in [6.07, 6.45) is 2.13. The molecule has 2 atom stereocenters. The first-order chi connectivity index (χ1) is 15.8. The number of sulfonamides is 1. The quantitative estimate of drug-likeness (QED) is 0.675. The maximum atomic E-state index is 15.2. The number of rotatable bonds is 4. The standard InChI is InChI=1S/C25H32FN3O3S/c1-19-9-12-25(21-7-4-3-5-8-21)33(31,32)29(19)18-22-10-11-23(17-24(22)26)28-14-6-13-27(15-16-28)20(2)30/h3-5,7-8,10-11,17,19,25H,6,9,12-16,18H2,1-2H3. The van der Waals surface area contributed by atoms with Gasteiger partial charge in [0.05, 0.1) is 0 Å². The van der Waals surface area contributed by atoms with Gasteiger partial charge in [-0.3, -0.25) is 4.79 Å². The minimum absolute atomic E-state index is 0.0249. The summed E-state index contributed by atoms with van der Waals surface area (Å²) >= 11 is 0. The Hall–Kier alpha value is -2.45. The second-order valence-corrected chi connectivity index (χ2v) is 11.1. The molecule has 0 aromatic heterocycles. The van der Waals surface area contributed by atoms with Crippen LogP contribution < -0.4 is 4.90 Å². The van der Waals surface area contributed by atoms with Crippen LogP contribution in [0.25, 0.3) is 0 Å². The molecule has 2 aliphatic rings. The normalized spacial score (nSPS) is 23.8. The van der Waals surface area contributed by atoms with E-state index >= 15 is 4.39 Å². The van der Waals surface area contributed by atoms with Crippen molar-refractivity contribution in [3.05, 3.63) is 65.5 Å². The maximum absolute atomic E-state index is 15.2. The van der Waals surface area contributed by atoms with Gasteiger partial charge < -0.3 is 9.80 Å². The maximum Gasteiger partial charge on any atom is 0.221 e. The Morgan fingerprint density at radius 3 is 2.48 bits per heavy atom. The van der Waals surface area contributed by atoms with E-state index in [1.54, 1.807) is 13.0 Å². The number of amides is 1. The lowest BCUT2D eigenvalue weighted by molar-refractivity contribution is -0.128. The van der Waals surface area contributed by atoms with Crippen LogP contribution in [0.1, 0.15) is 49.5 Å². The second-order valence-electron chi connectivity index (χ2n) is 9.04. The summed E-state index contributed by atoms with van der Waals surface area (Å²) in [5, 5.41) is -0.599. The first kappa shape index (κ1) is 23.7. The molecule has 2 aromatic carbocycles. The summed E-state index contributed by atoms with van der Waals surface area (Å²) < 4.78 is 43.5. The molecule has 2 unspecified atom stereocenters. The van der Waals surface area contributed by atoms with Crippen LogP contribution in [0.5, 0.6) is 0 Å². The van der Waals surface area contributed by atoms with Crippen molar-refractivity contribution in [3.63, 3.8) is 0 Å². The molecule has 0 N–H and O–H groups in total. The Morgan fingerprint density at radius 1 is 1.03 bits per heavy atom. The second kappa shape index (κ2) is 9.81. The zero-order valence-electron chi connectivity index (χ0n) is 19.3. The molecule has 0 aliphatic carbocycles. The van der Waals surface area contributed by atoms with Gasteiger partial charge in [-0.2, -0.15) is 4.31 Å². The van der Waals surface area contributed by atoms with E-state index in [0.29, 0.717) is 31.6 Å². The van der Waals surface area contributed by atoms with E-state index in [4.69, 9.17) is 0 Å². The fourth-order valence-corrected chi connectivity index (χ4v) is 7.06. The lowest BCUT2D eigenvalue weighted by atomic mass is 10.0. The average Bonchev–Trinajstić information content (AvgIpc) is 3.04. The molecule has 2 aliphatic heterocycles. The number of hydrogen-bond donors (Lipinski definition) is 0. The van der Waals surface area contributed by atoms with Crippen LogP contribution >= 0.6 is 0 Å². The number of nitrogens with zero attached hydrogens (tertiary/aromatic N) is 3. The molecule has 2 heterocycles. The molecule has 0 radical (unpaired) electrons. The SMILES string of the molecule is CC(=O)N1CCCN(c2ccc(CN3C(C)CCC(c4ccccc4)S3(=O)=O)c(F)c2)CC1. The van der Waals surface area contributed by atoms with Gasteiger partial charge in [0.1, 0.15) is 11.1 Å². The van der Waals surface area contributed by atoms with Gasteiger partial charge in [0.2, 0.25) is 15.9 Å². The molecule has 0 saturated carbocycles. The Kier molecular flexibility index (Phi) is 7.05. The van der Waals surface area contributed by atoms with Crippen LogP contribution in [0.3, 0.4) is 0 Å². The first-order valence-corrected chi connectivity index (χ1v) is 13.1. The summed E-state index contributed by atoms with van der Waals surface area (Å²) in [5.74, 6) is -0.339. The van der Waals surface area contributed by atoms with Crippen molar-refractivity contribution >= 4 is 21.6 Å². The third-order valence-electron chi connectivity index (χ3n) is 6.87. The number of benzene rings is 2. The summed E-state index contributed by atoms with van der Waals surface area (Å²) in [6, 6.07) is 14.1. The van der Waals surface area contributed by atoms with Crippen molar-refractivity contribution in [3.8, 4) is 0 Å². The Balaban J connectivity index is 1.52. The van der Waals surface area contributed by atoms with E-state index in [1.165, 1.54) is 10.4 Å². The average molecular weight is 474 g/mol. The summed E-state index contributed by atoms with van der Waals surface area (Å²) in [5.41, 5.74) is 1.92. The molecule has 33 heavy (non-hydrogen) atoms. The molecule has 6 nitrogen and oxygen atoms in total. The lowest BCUT2D eigenvalue weighted by Gasteiger charge is -2.37. The molecule has 0 bridgehead atoms. The Morgan fingerprint density at radius 2 is 1.79 bits per heavy atom. The fraction of sp³-hybridized carbons (Fsp3) is 0.480. The monoisotopic (exact) mass is 473 g/mol. The molecule has 8 heteroatoms. The number of carbonyl (C=O) groups is 1. The van der Waals surface area contributed by atoms with Gasteiger partial charge in [0, 0.05) is 56.9 Å². The van der Waals surface area contributed by atoms with Crippen LogP contribution in [0.4, 0.5) is 10.1 Å². The van der Waals surface area contributed by atoms with Crippen molar-refractivity contribution in [1.29, 1.82) is 0 Å². The molecule has 2 fully saturated rings. The topological polar surface area (TPSA) is 60.9 Å². The number of halogens is 1. The van der Waals surface area contributed by atoms with Crippen LogP contribution in [0.2, 0.25) is 0 Å². The minimum Gasteiger partial charge on any atom is -0.370 e. The molecule has 0 spiro atoms. The lowest BCUT2D eigenvalue weighted by Crippen LogP contribution is -2.44. The van der Waals surface area contributed by atoms with Gasteiger partial charge in [-0.05, 0) is 43.9 Å². The summed E-state index contributed by atoms with van der Waals surface area (Å²) in [4.78, 5) is 15.6. The molecular formula is C25H32FN3O3S. The highest BCUT2D eigenvalue weighted by atomic mass is 32.2. The van der Waals surface area contributed by atoms with E-state index in [1.807, 2.05) is 48.2 Å². The summed E-state index contributed by atoms with van der Waals surface area (Å²) in [6.45, 7) is 6.21. The van der Waals surface area contributed by atoms with Crippen molar-refractivity contribution in [2.24, 2.45) is 0 Å². The highest BCUT2D eigenvalue weighted by molar-refractivity contribution is 7.89. The number of hydrogen-bond acceptors (Lipinski definition) is 4. The van der Waals surface area contributed by atoms with Crippen molar-refractivity contribution in [1.82, 2.24) is 9.21 Å². The predicted octanol–water partition coefficient (Wildman–Crippen LogP) is 3.94. The van der Waals surface area contributed by atoms with Gasteiger partial charge in [0.15, 0.2) is 0 Å². The van der Waals surface area contributed by atoms with E-state index in [0.717, 1.165) is 30.6 Å². The molecular weight excluding hydrogens is 441 g/mol.